The number of fused-ring (bicyclic) bond motifs is 1. The van der Waals surface area contributed by atoms with Crippen LogP contribution in [0.5, 0.6) is 0 Å². The van der Waals surface area contributed by atoms with E-state index in [-0.39, 0.29) is 10.6 Å². The van der Waals surface area contributed by atoms with Crippen LogP contribution >= 0.6 is 11.6 Å². The van der Waals surface area contributed by atoms with E-state index in [1.807, 2.05) is 0 Å². The molecule has 0 fully saturated rings. The fourth-order valence-electron chi connectivity index (χ4n) is 0.934. The van der Waals surface area contributed by atoms with Crippen LogP contribution < -0.4 is 5.43 Å². The summed E-state index contributed by atoms with van der Waals surface area (Å²) in [5.41, 5.74) is 0.565. The van der Waals surface area contributed by atoms with Gasteiger partial charge in [0, 0.05) is 6.20 Å². The Bertz CT molecular complexity index is 479. The molecule has 0 amide bonds. The van der Waals surface area contributed by atoms with Gasteiger partial charge in [-0.05, 0) is 12.1 Å². The van der Waals surface area contributed by atoms with Crippen molar-refractivity contribution in [2.45, 2.75) is 0 Å². The molecule has 2 aromatic heterocycles. The lowest BCUT2D eigenvalue weighted by atomic mass is 10.3. The number of pyridine rings is 1. The number of nitrogens with zero attached hydrogens (tertiary/aromatic N) is 2. The number of rotatable bonds is 0. The molecular weight excluding hydrogens is 178 g/mol. The molecule has 0 radical (unpaired) electrons. The van der Waals surface area contributed by atoms with E-state index >= 15 is 0 Å². The minimum atomic E-state index is -0.342. The Kier molecular flexibility index (Phi) is 1.55. The average Bonchev–Trinajstić information content (AvgIpc) is 2.12. The fourth-order valence-corrected chi connectivity index (χ4v) is 1.07. The van der Waals surface area contributed by atoms with E-state index in [1.165, 1.54) is 6.20 Å². The number of nitrogens with one attached hydrogen (secondary N) is 1. The molecule has 0 bridgehead atoms. The summed E-state index contributed by atoms with van der Waals surface area (Å²) in [6.07, 6.45) is 1.54. The van der Waals surface area contributed by atoms with Gasteiger partial charge in [0.25, 0.3) is 0 Å². The van der Waals surface area contributed by atoms with Gasteiger partial charge in [-0.15, -0.1) is 0 Å². The molecule has 0 saturated carbocycles. The van der Waals surface area contributed by atoms with Crippen molar-refractivity contribution in [1.82, 2.24) is 15.2 Å². The molecule has 2 aromatic rings. The normalized spacial score (nSPS) is 10.4. The lowest BCUT2D eigenvalue weighted by molar-refractivity contribution is 1.06. The molecule has 0 aromatic carbocycles. The Hall–Kier alpha value is -1.42. The largest absolute Gasteiger partial charge is 0.284 e. The summed E-state index contributed by atoms with van der Waals surface area (Å²) < 4.78 is 0. The van der Waals surface area contributed by atoms with Gasteiger partial charge < -0.3 is 0 Å². The minimum Gasteiger partial charge on any atom is -0.284 e. The number of H-pyrrole nitrogens is 1. The van der Waals surface area contributed by atoms with Gasteiger partial charge in [0.05, 0.1) is 5.52 Å². The first kappa shape index (κ1) is 7.24. The monoisotopic (exact) mass is 181 g/mol. The highest BCUT2D eigenvalue weighted by Crippen LogP contribution is 2.03. The molecule has 0 aliphatic rings. The Morgan fingerprint density at radius 3 is 3.17 bits per heavy atom. The summed E-state index contributed by atoms with van der Waals surface area (Å²) in [6.45, 7) is 0. The summed E-state index contributed by atoms with van der Waals surface area (Å²) in [5.74, 6) is 0. The summed E-state index contributed by atoms with van der Waals surface area (Å²) in [7, 11) is 0. The highest BCUT2D eigenvalue weighted by molar-refractivity contribution is 6.29. The van der Waals surface area contributed by atoms with Crippen molar-refractivity contribution in [2.75, 3.05) is 0 Å². The van der Waals surface area contributed by atoms with Gasteiger partial charge in [0.1, 0.15) is 5.52 Å². The Morgan fingerprint density at radius 1 is 1.50 bits per heavy atom. The van der Waals surface area contributed by atoms with Crippen molar-refractivity contribution >= 4 is 22.6 Å². The number of hydrogen-bond donors (Lipinski definition) is 1. The van der Waals surface area contributed by atoms with E-state index in [0.717, 1.165) is 0 Å². The summed E-state index contributed by atoms with van der Waals surface area (Å²) in [5, 5.41) is 6.13. The Balaban J connectivity index is 3.01. The van der Waals surface area contributed by atoms with E-state index in [2.05, 4.69) is 15.2 Å². The van der Waals surface area contributed by atoms with Gasteiger partial charge in [-0.1, -0.05) is 11.6 Å². The van der Waals surface area contributed by atoms with Crippen LogP contribution in [0.3, 0.4) is 0 Å². The molecule has 0 atom stereocenters. The van der Waals surface area contributed by atoms with E-state index in [4.69, 9.17) is 11.6 Å². The summed E-state index contributed by atoms with van der Waals surface area (Å²) in [4.78, 5) is 15.1. The van der Waals surface area contributed by atoms with Crippen LogP contribution in [-0.4, -0.2) is 15.2 Å². The second-order valence-corrected chi connectivity index (χ2v) is 2.60. The van der Waals surface area contributed by atoms with E-state index in [9.17, 15) is 4.79 Å². The highest BCUT2D eigenvalue weighted by atomic mass is 35.5. The van der Waals surface area contributed by atoms with Gasteiger partial charge >= 0.3 is 0 Å². The first-order valence-electron chi connectivity index (χ1n) is 3.28. The molecule has 5 heteroatoms. The minimum absolute atomic E-state index is 0.0822. The van der Waals surface area contributed by atoms with E-state index in [1.54, 1.807) is 12.1 Å². The van der Waals surface area contributed by atoms with Gasteiger partial charge in [-0.2, -0.15) is 5.10 Å². The van der Waals surface area contributed by atoms with E-state index < -0.39 is 0 Å². The van der Waals surface area contributed by atoms with Gasteiger partial charge in [-0.3, -0.25) is 14.9 Å². The SMILES string of the molecule is O=c1c(Cl)n[nH]c2cccnc12. The smallest absolute Gasteiger partial charge is 0.245 e. The lowest BCUT2D eigenvalue weighted by Gasteiger charge is -1.93. The molecule has 0 aliphatic heterocycles. The first-order valence-corrected chi connectivity index (χ1v) is 3.66. The van der Waals surface area contributed by atoms with Crippen molar-refractivity contribution < 1.29 is 0 Å². The topological polar surface area (TPSA) is 58.6 Å². The van der Waals surface area contributed by atoms with Gasteiger partial charge in [0.15, 0.2) is 5.15 Å². The average molecular weight is 182 g/mol. The highest BCUT2D eigenvalue weighted by Gasteiger charge is 2.03. The maximum Gasteiger partial charge on any atom is 0.245 e. The predicted octanol–water partition coefficient (Wildman–Crippen LogP) is 0.971. The number of halogens is 1. The molecular formula is C7H4ClN3O. The van der Waals surface area contributed by atoms with Crippen molar-refractivity contribution in [2.24, 2.45) is 0 Å². The molecule has 0 aliphatic carbocycles. The Morgan fingerprint density at radius 2 is 2.33 bits per heavy atom. The number of hydrogen-bond acceptors (Lipinski definition) is 3. The second kappa shape index (κ2) is 2.57. The fraction of sp³-hybridized carbons (Fsp3) is 0. The third-order valence-electron chi connectivity index (χ3n) is 1.48. The zero-order valence-corrected chi connectivity index (χ0v) is 6.67. The van der Waals surface area contributed by atoms with Crippen LogP contribution in [-0.2, 0) is 0 Å². The van der Waals surface area contributed by atoms with Crippen LogP contribution in [0.4, 0.5) is 0 Å². The van der Waals surface area contributed by atoms with Gasteiger partial charge in [0.2, 0.25) is 5.43 Å². The van der Waals surface area contributed by atoms with Crippen molar-refractivity contribution in [1.29, 1.82) is 0 Å². The maximum atomic E-state index is 11.3. The third kappa shape index (κ3) is 0.967. The van der Waals surface area contributed by atoms with E-state index in [0.29, 0.717) is 11.0 Å². The number of aromatic amines is 1. The Labute approximate surface area is 72.2 Å². The molecule has 2 heterocycles. The summed E-state index contributed by atoms with van der Waals surface area (Å²) >= 11 is 5.49. The standard InChI is InChI=1S/C7H4ClN3O/c8-7-6(12)5-4(10-11-7)2-1-3-9-5/h1-3H,(H,10,12). The van der Waals surface area contributed by atoms with Crippen molar-refractivity contribution in [3.05, 3.63) is 33.7 Å². The lowest BCUT2D eigenvalue weighted by Crippen LogP contribution is -2.07. The summed E-state index contributed by atoms with van der Waals surface area (Å²) in [6, 6.07) is 3.43. The zero-order valence-electron chi connectivity index (χ0n) is 5.91. The van der Waals surface area contributed by atoms with Crippen LogP contribution in [0.2, 0.25) is 5.15 Å². The third-order valence-corrected chi connectivity index (χ3v) is 1.74. The maximum absolute atomic E-state index is 11.3. The molecule has 0 saturated heterocycles. The number of aromatic nitrogens is 3. The van der Waals surface area contributed by atoms with Crippen LogP contribution in [0, 0.1) is 0 Å². The van der Waals surface area contributed by atoms with Crippen LogP contribution in [0.1, 0.15) is 0 Å². The molecule has 60 valence electrons. The first-order chi connectivity index (χ1) is 5.79. The molecule has 0 unspecified atom stereocenters. The van der Waals surface area contributed by atoms with Crippen molar-refractivity contribution in [3.63, 3.8) is 0 Å². The molecule has 2 rings (SSSR count). The van der Waals surface area contributed by atoms with Crippen molar-refractivity contribution in [3.8, 4) is 0 Å². The second-order valence-electron chi connectivity index (χ2n) is 2.24. The molecule has 12 heavy (non-hydrogen) atoms. The quantitative estimate of drug-likeness (QED) is 0.659. The van der Waals surface area contributed by atoms with Gasteiger partial charge in [-0.25, -0.2) is 0 Å². The van der Waals surface area contributed by atoms with Crippen LogP contribution in [0.15, 0.2) is 23.1 Å². The molecule has 1 N–H and O–H groups in total. The zero-order chi connectivity index (χ0) is 8.55. The van der Waals surface area contributed by atoms with Crippen LogP contribution in [0.25, 0.3) is 11.0 Å². The molecule has 4 nitrogen and oxygen atoms in total. The predicted molar refractivity (Wildman–Crippen MR) is 45.2 cm³/mol. The molecule has 0 spiro atoms.